The highest BCUT2D eigenvalue weighted by Crippen LogP contribution is 2.24. The third kappa shape index (κ3) is 4.46. The van der Waals surface area contributed by atoms with E-state index in [1.807, 2.05) is 18.5 Å². The van der Waals surface area contributed by atoms with Gasteiger partial charge in [-0.25, -0.2) is 24.9 Å². The van der Waals surface area contributed by atoms with Crippen LogP contribution in [0.4, 0.5) is 0 Å². The van der Waals surface area contributed by atoms with Gasteiger partial charge in [0.25, 0.3) is 0 Å². The lowest BCUT2D eigenvalue weighted by Gasteiger charge is -2.28. The Bertz CT molecular complexity index is 973. The normalized spacial score (nSPS) is 17.5. The van der Waals surface area contributed by atoms with E-state index < -0.39 is 0 Å². The highest BCUT2D eigenvalue weighted by atomic mass is 16.5. The SMILES string of the molecule is c1ncc(-c2ncc3c(n2)CCN(Cc2ccc(OC4CCCCC4)nc2)C3)cn1. The van der Waals surface area contributed by atoms with Crippen molar-refractivity contribution in [3.8, 4) is 17.3 Å². The van der Waals surface area contributed by atoms with E-state index in [0.29, 0.717) is 11.9 Å². The fraction of sp³-hybridized carbons (Fsp3) is 0.435. The first-order chi connectivity index (χ1) is 14.8. The van der Waals surface area contributed by atoms with Crippen molar-refractivity contribution in [1.82, 2.24) is 29.8 Å². The maximum Gasteiger partial charge on any atom is 0.213 e. The van der Waals surface area contributed by atoms with E-state index in [0.717, 1.165) is 56.0 Å². The Labute approximate surface area is 176 Å². The highest BCUT2D eigenvalue weighted by Gasteiger charge is 2.20. The lowest BCUT2D eigenvalue weighted by atomic mass is 9.98. The van der Waals surface area contributed by atoms with Gasteiger partial charge in [0.1, 0.15) is 12.4 Å². The van der Waals surface area contributed by atoms with Gasteiger partial charge >= 0.3 is 0 Å². The van der Waals surface area contributed by atoms with Crippen LogP contribution in [-0.4, -0.2) is 42.5 Å². The Morgan fingerprint density at radius 3 is 2.63 bits per heavy atom. The van der Waals surface area contributed by atoms with Crippen LogP contribution in [0.25, 0.3) is 11.4 Å². The molecule has 3 aromatic rings. The molecule has 0 radical (unpaired) electrons. The molecule has 154 valence electrons. The molecular weight excluding hydrogens is 376 g/mol. The zero-order valence-electron chi connectivity index (χ0n) is 17.1. The molecule has 4 heterocycles. The fourth-order valence-electron chi connectivity index (χ4n) is 4.25. The van der Waals surface area contributed by atoms with Crippen molar-refractivity contribution in [2.45, 2.75) is 57.7 Å². The van der Waals surface area contributed by atoms with Crippen molar-refractivity contribution in [3.05, 3.63) is 60.1 Å². The summed E-state index contributed by atoms with van der Waals surface area (Å²) in [4.78, 5) is 24.3. The largest absolute Gasteiger partial charge is 0.474 e. The van der Waals surface area contributed by atoms with Crippen molar-refractivity contribution in [3.63, 3.8) is 0 Å². The molecule has 7 nitrogen and oxygen atoms in total. The van der Waals surface area contributed by atoms with Gasteiger partial charge in [0.2, 0.25) is 5.88 Å². The van der Waals surface area contributed by atoms with E-state index in [2.05, 4.69) is 30.9 Å². The van der Waals surface area contributed by atoms with Crippen LogP contribution in [0.15, 0.2) is 43.2 Å². The van der Waals surface area contributed by atoms with Gasteiger partial charge in [-0.05, 0) is 31.2 Å². The topological polar surface area (TPSA) is 76.9 Å². The van der Waals surface area contributed by atoms with Gasteiger partial charge in [-0.15, -0.1) is 0 Å². The van der Waals surface area contributed by atoms with Crippen molar-refractivity contribution >= 4 is 0 Å². The standard InChI is InChI=1S/C23H26N6O/c1-2-4-20(5-3-1)30-22-7-6-17(10-26-22)14-29-9-8-21-19(15-29)13-27-23(28-21)18-11-24-16-25-12-18/h6-7,10-13,16,20H,1-5,8-9,14-15H2. The monoisotopic (exact) mass is 402 g/mol. The van der Waals surface area contributed by atoms with Crippen LogP contribution in [0.3, 0.4) is 0 Å². The lowest BCUT2D eigenvalue weighted by molar-refractivity contribution is 0.148. The van der Waals surface area contributed by atoms with Gasteiger partial charge in [0, 0.05) is 62.5 Å². The molecule has 1 saturated carbocycles. The number of ether oxygens (including phenoxy) is 1. The number of pyridine rings is 1. The number of hydrogen-bond acceptors (Lipinski definition) is 7. The molecule has 1 aliphatic heterocycles. The summed E-state index contributed by atoms with van der Waals surface area (Å²) in [6.07, 6.45) is 16.3. The van der Waals surface area contributed by atoms with Crippen molar-refractivity contribution in [2.75, 3.05) is 6.54 Å². The van der Waals surface area contributed by atoms with E-state index in [-0.39, 0.29) is 0 Å². The number of nitrogens with zero attached hydrogens (tertiary/aromatic N) is 6. The molecule has 1 aliphatic carbocycles. The predicted molar refractivity (Wildman–Crippen MR) is 113 cm³/mol. The molecule has 0 unspecified atom stereocenters. The molecule has 30 heavy (non-hydrogen) atoms. The Hall–Kier alpha value is -2.93. The van der Waals surface area contributed by atoms with E-state index in [1.54, 1.807) is 12.4 Å². The van der Waals surface area contributed by atoms with Gasteiger partial charge in [0.15, 0.2) is 5.82 Å². The van der Waals surface area contributed by atoms with Crippen LogP contribution < -0.4 is 4.74 Å². The van der Waals surface area contributed by atoms with Crippen LogP contribution in [0.5, 0.6) is 5.88 Å². The predicted octanol–water partition coefficient (Wildman–Crippen LogP) is 3.60. The average molecular weight is 403 g/mol. The Balaban J connectivity index is 1.20. The summed E-state index contributed by atoms with van der Waals surface area (Å²) in [5.74, 6) is 1.45. The van der Waals surface area contributed by atoms with Gasteiger partial charge in [-0.2, -0.15) is 0 Å². The average Bonchev–Trinajstić information content (AvgIpc) is 2.81. The molecule has 0 N–H and O–H groups in total. The molecule has 0 aromatic carbocycles. The number of rotatable bonds is 5. The molecular formula is C23H26N6O. The van der Waals surface area contributed by atoms with Gasteiger partial charge < -0.3 is 4.74 Å². The van der Waals surface area contributed by atoms with Crippen LogP contribution in [-0.2, 0) is 19.5 Å². The minimum atomic E-state index is 0.336. The Kier molecular flexibility index (Phi) is 5.61. The maximum atomic E-state index is 6.04. The summed E-state index contributed by atoms with van der Waals surface area (Å²) in [5, 5.41) is 0. The van der Waals surface area contributed by atoms with Crippen LogP contribution >= 0.6 is 0 Å². The van der Waals surface area contributed by atoms with Crippen LogP contribution in [0.1, 0.15) is 48.9 Å². The van der Waals surface area contributed by atoms with Gasteiger partial charge in [0.05, 0.1) is 11.3 Å². The molecule has 3 aromatic heterocycles. The third-order valence-electron chi connectivity index (χ3n) is 5.88. The van der Waals surface area contributed by atoms with Gasteiger partial charge in [-0.1, -0.05) is 12.5 Å². The molecule has 0 amide bonds. The van der Waals surface area contributed by atoms with Crippen molar-refractivity contribution in [2.24, 2.45) is 0 Å². The minimum Gasteiger partial charge on any atom is -0.474 e. The van der Waals surface area contributed by atoms with E-state index in [9.17, 15) is 0 Å². The highest BCUT2D eigenvalue weighted by molar-refractivity contribution is 5.52. The minimum absolute atomic E-state index is 0.336. The van der Waals surface area contributed by atoms with Crippen molar-refractivity contribution < 1.29 is 4.74 Å². The molecule has 7 heteroatoms. The summed E-state index contributed by atoms with van der Waals surface area (Å²) < 4.78 is 6.04. The van der Waals surface area contributed by atoms with E-state index in [4.69, 9.17) is 9.72 Å². The summed E-state index contributed by atoms with van der Waals surface area (Å²) in [6, 6.07) is 4.15. The van der Waals surface area contributed by atoms with Gasteiger partial charge in [-0.3, -0.25) is 4.90 Å². The third-order valence-corrected chi connectivity index (χ3v) is 5.88. The van der Waals surface area contributed by atoms with E-state index >= 15 is 0 Å². The molecule has 5 rings (SSSR count). The molecule has 0 bridgehead atoms. The quantitative estimate of drug-likeness (QED) is 0.645. The second kappa shape index (κ2) is 8.83. The smallest absolute Gasteiger partial charge is 0.213 e. The van der Waals surface area contributed by atoms with E-state index in [1.165, 1.54) is 36.7 Å². The first-order valence-corrected chi connectivity index (χ1v) is 10.8. The Morgan fingerprint density at radius 1 is 0.967 bits per heavy atom. The van der Waals surface area contributed by atoms with Crippen LogP contribution in [0.2, 0.25) is 0 Å². The number of fused-ring (bicyclic) bond motifs is 1. The zero-order chi connectivity index (χ0) is 20.2. The number of hydrogen-bond donors (Lipinski definition) is 0. The zero-order valence-corrected chi connectivity index (χ0v) is 17.1. The molecule has 0 saturated heterocycles. The molecule has 1 fully saturated rings. The molecule has 0 spiro atoms. The summed E-state index contributed by atoms with van der Waals surface area (Å²) in [6.45, 7) is 2.68. The Morgan fingerprint density at radius 2 is 1.83 bits per heavy atom. The fourth-order valence-corrected chi connectivity index (χ4v) is 4.25. The lowest BCUT2D eigenvalue weighted by Crippen LogP contribution is -2.31. The molecule has 2 aliphatic rings. The first kappa shape index (κ1) is 19.1. The summed E-state index contributed by atoms with van der Waals surface area (Å²) in [7, 11) is 0. The summed E-state index contributed by atoms with van der Waals surface area (Å²) in [5.41, 5.74) is 4.36. The second-order valence-corrected chi connectivity index (χ2v) is 8.14. The van der Waals surface area contributed by atoms with Crippen molar-refractivity contribution in [1.29, 1.82) is 0 Å². The molecule has 0 atom stereocenters. The number of aromatic nitrogens is 5. The van der Waals surface area contributed by atoms with Crippen LogP contribution in [0, 0.1) is 0 Å². The second-order valence-electron chi connectivity index (χ2n) is 8.14. The first-order valence-electron chi connectivity index (χ1n) is 10.8. The maximum absolute atomic E-state index is 6.04. The summed E-state index contributed by atoms with van der Waals surface area (Å²) >= 11 is 0.